The molecule has 0 fully saturated rings. The maximum atomic E-state index is 13.1. The van der Waals surface area contributed by atoms with Crippen molar-refractivity contribution >= 4 is 5.91 Å². The Morgan fingerprint density at radius 1 is 1.20 bits per heavy atom. The molecular weight excluding hydrogens is 260 g/mol. The Bertz CT molecular complexity index is 446. The lowest BCUT2D eigenvalue weighted by Crippen LogP contribution is -2.30. The summed E-state index contributed by atoms with van der Waals surface area (Å²) in [6.45, 7) is 6.22. The molecule has 1 rings (SSSR count). The molecule has 4 heteroatoms. The van der Waals surface area contributed by atoms with Gasteiger partial charge in [-0.25, -0.2) is 8.78 Å². The second-order valence-electron chi connectivity index (χ2n) is 6.39. The van der Waals surface area contributed by atoms with Gasteiger partial charge in [-0.1, -0.05) is 20.8 Å². The highest BCUT2D eigenvalue weighted by Gasteiger charge is 2.24. The number of amides is 1. The Kier molecular flexibility index (Phi) is 5.66. The molecule has 112 valence electrons. The molecule has 1 unspecified atom stereocenters. The van der Waals surface area contributed by atoms with Crippen LogP contribution < -0.4 is 5.32 Å². The van der Waals surface area contributed by atoms with Gasteiger partial charge in [0.2, 0.25) is 5.91 Å². The zero-order valence-electron chi connectivity index (χ0n) is 12.6. The van der Waals surface area contributed by atoms with Gasteiger partial charge in [0.15, 0.2) is 0 Å². The number of carbonyl (C=O) groups is 1. The third kappa shape index (κ3) is 5.68. The van der Waals surface area contributed by atoms with Gasteiger partial charge in [0.1, 0.15) is 11.6 Å². The molecule has 1 amide bonds. The van der Waals surface area contributed by atoms with Crippen molar-refractivity contribution < 1.29 is 13.6 Å². The van der Waals surface area contributed by atoms with Gasteiger partial charge in [-0.05, 0) is 42.4 Å². The summed E-state index contributed by atoms with van der Waals surface area (Å²) in [5, 5.41) is 2.66. The summed E-state index contributed by atoms with van der Waals surface area (Å²) >= 11 is 0. The van der Waals surface area contributed by atoms with E-state index in [0.29, 0.717) is 18.4 Å². The van der Waals surface area contributed by atoms with Gasteiger partial charge in [-0.2, -0.15) is 0 Å². The van der Waals surface area contributed by atoms with Crippen LogP contribution in [-0.4, -0.2) is 13.0 Å². The molecule has 0 heterocycles. The van der Waals surface area contributed by atoms with Crippen LogP contribution in [0.2, 0.25) is 0 Å². The van der Waals surface area contributed by atoms with Crippen LogP contribution >= 0.6 is 0 Å². The minimum Gasteiger partial charge on any atom is -0.359 e. The van der Waals surface area contributed by atoms with Crippen LogP contribution in [0.25, 0.3) is 0 Å². The van der Waals surface area contributed by atoms with Crippen LogP contribution in [0, 0.1) is 23.0 Å². The zero-order chi connectivity index (χ0) is 15.3. The smallest absolute Gasteiger partial charge is 0.222 e. The normalized spacial score (nSPS) is 13.1. The molecule has 0 aliphatic rings. The van der Waals surface area contributed by atoms with Crippen molar-refractivity contribution in [2.75, 3.05) is 7.05 Å². The summed E-state index contributed by atoms with van der Waals surface area (Å²) in [6.07, 6.45) is 1.81. The fourth-order valence-electron chi connectivity index (χ4n) is 2.37. The fourth-order valence-corrected chi connectivity index (χ4v) is 2.37. The van der Waals surface area contributed by atoms with Gasteiger partial charge in [0.05, 0.1) is 0 Å². The number of rotatable bonds is 5. The zero-order valence-corrected chi connectivity index (χ0v) is 12.6. The van der Waals surface area contributed by atoms with E-state index in [4.69, 9.17) is 0 Å². The first kappa shape index (κ1) is 16.6. The van der Waals surface area contributed by atoms with E-state index in [1.165, 1.54) is 12.1 Å². The van der Waals surface area contributed by atoms with Gasteiger partial charge in [0, 0.05) is 19.0 Å². The van der Waals surface area contributed by atoms with E-state index in [2.05, 4.69) is 26.1 Å². The summed E-state index contributed by atoms with van der Waals surface area (Å²) in [5.41, 5.74) is 0.620. The molecule has 1 N–H and O–H groups in total. The average Bonchev–Trinajstić information content (AvgIpc) is 2.31. The van der Waals surface area contributed by atoms with Crippen LogP contribution in [-0.2, 0) is 11.2 Å². The predicted octanol–water partition coefficient (Wildman–Crippen LogP) is 3.70. The topological polar surface area (TPSA) is 29.1 Å². The lowest BCUT2D eigenvalue weighted by molar-refractivity contribution is -0.125. The Labute approximate surface area is 119 Å². The van der Waals surface area contributed by atoms with E-state index in [1.54, 1.807) is 7.05 Å². The molecule has 0 aromatic heterocycles. The lowest BCUT2D eigenvalue weighted by atomic mass is 9.81. The quantitative estimate of drug-likeness (QED) is 0.877. The molecule has 2 nitrogen and oxygen atoms in total. The van der Waals surface area contributed by atoms with Crippen LogP contribution in [0.1, 0.15) is 39.2 Å². The van der Waals surface area contributed by atoms with Crippen molar-refractivity contribution in [1.29, 1.82) is 0 Å². The summed E-state index contributed by atoms with van der Waals surface area (Å²) < 4.78 is 26.3. The van der Waals surface area contributed by atoms with E-state index in [-0.39, 0.29) is 17.2 Å². The maximum absolute atomic E-state index is 13.1. The number of aryl methyl sites for hydroxylation is 1. The van der Waals surface area contributed by atoms with E-state index in [0.717, 1.165) is 12.5 Å². The van der Waals surface area contributed by atoms with Crippen molar-refractivity contribution in [3.63, 3.8) is 0 Å². The predicted molar refractivity (Wildman–Crippen MR) is 76.3 cm³/mol. The number of hydrogen-bond donors (Lipinski definition) is 1. The molecule has 0 saturated heterocycles. The Morgan fingerprint density at radius 3 is 2.20 bits per heavy atom. The second-order valence-corrected chi connectivity index (χ2v) is 6.39. The van der Waals surface area contributed by atoms with Gasteiger partial charge < -0.3 is 5.32 Å². The van der Waals surface area contributed by atoms with Gasteiger partial charge >= 0.3 is 0 Å². The van der Waals surface area contributed by atoms with Crippen molar-refractivity contribution in [3.05, 3.63) is 35.4 Å². The van der Waals surface area contributed by atoms with E-state index in [9.17, 15) is 13.6 Å². The maximum Gasteiger partial charge on any atom is 0.222 e. The molecule has 1 atom stereocenters. The number of halogens is 2. The summed E-state index contributed by atoms with van der Waals surface area (Å²) in [4.78, 5) is 11.9. The number of nitrogens with one attached hydrogen (secondary N) is 1. The standard InChI is InChI=1S/C16H23F2NO/c1-16(2,3)10-12(15(20)19-4)6-5-11-7-13(17)9-14(18)8-11/h7-9,12H,5-6,10H2,1-4H3,(H,19,20). The van der Waals surface area contributed by atoms with Gasteiger partial charge in [-0.15, -0.1) is 0 Å². The van der Waals surface area contributed by atoms with Gasteiger partial charge in [-0.3, -0.25) is 4.79 Å². The first-order valence-corrected chi connectivity index (χ1v) is 6.88. The largest absolute Gasteiger partial charge is 0.359 e. The van der Waals surface area contributed by atoms with Crippen molar-refractivity contribution in [1.82, 2.24) is 5.32 Å². The van der Waals surface area contributed by atoms with Crippen LogP contribution in [0.4, 0.5) is 8.78 Å². The average molecular weight is 283 g/mol. The van der Waals surface area contributed by atoms with E-state index >= 15 is 0 Å². The summed E-state index contributed by atoms with van der Waals surface area (Å²) in [7, 11) is 1.61. The molecule has 20 heavy (non-hydrogen) atoms. The molecule has 1 aromatic rings. The minimum atomic E-state index is -0.577. The van der Waals surface area contributed by atoms with E-state index < -0.39 is 11.6 Å². The molecule has 0 spiro atoms. The first-order valence-electron chi connectivity index (χ1n) is 6.88. The highest BCUT2D eigenvalue weighted by atomic mass is 19.1. The van der Waals surface area contributed by atoms with Gasteiger partial charge in [0.25, 0.3) is 0 Å². The Hall–Kier alpha value is -1.45. The monoisotopic (exact) mass is 283 g/mol. The number of benzene rings is 1. The molecule has 0 aliphatic carbocycles. The highest BCUT2D eigenvalue weighted by Crippen LogP contribution is 2.27. The molecule has 0 saturated carbocycles. The van der Waals surface area contributed by atoms with Crippen LogP contribution in [0.15, 0.2) is 18.2 Å². The molecule has 1 aromatic carbocycles. The minimum absolute atomic E-state index is 0.0169. The highest BCUT2D eigenvalue weighted by molar-refractivity contribution is 5.78. The second kappa shape index (κ2) is 6.82. The third-order valence-corrected chi connectivity index (χ3v) is 3.18. The Morgan fingerprint density at radius 2 is 1.75 bits per heavy atom. The SMILES string of the molecule is CNC(=O)C(CCc1cc(F)cc(F)c1)CC(C)(C)C. The van der Waals surface area contributed by atoms with Crippen molar-refractivity contribution in [2.45, 2.75) is 40.0 Å². The number of carbonyl (C=O) groups excluding carboxylic acids is 1. The molecular formula is C16H23F2NO. The Balaban J connectivity index is 2.73. The summed E-state index contributed by atoms with van der Waals surface area (Å²) in [5.74, 6) is -1.32. The lowest BCUT2D eigenvalue weighted by Gasteiger charge is -2.25. The fraction of sp³-hybridized carbons (Fsp3) is 0.562. The molecule has 0 bridgehead atoms. The van der Waals surface area contributed by atoms with E-state index in [1.807, 2.05) is 0 Å². The summed E-state index contributed by atoms with van der Waals surface area (Å²) in [6, 6.07) is 3.50. The molecule has 0 radical (unpaired) electrons. The molecule has 0 aliphatic heterocycles. The van der Waals surface area contributed by atoms with Crippen molar-refractivity contribution in [2.24, 2.45) is 11.3 Å². The van der Waals surface area contributed by atoms with Crippen LogP contribution in [0.3, 0.4) is 0 Å². The van der Waals surface area contributed by atoms with Crippen LogP contribution in [0.5, 0.6) is 0 Å². The third-order valence-electron chi connectivity index (χ3n) is 3.18. The van der Waals surface area contributed by atoms with Crippen molar-refractivity contribution in [3.8, 4) is 0 Å². The number of hydrogen-bond acceptors (Lipinski definition) is 1. The first-order chi connectivity index (χ1) is 9.21.